The Morgan fingerprint density at radius 1 is 0.864 bits per heavy atom. The van der Waals surface area contributed by atoms with Crippen LogP contribution in [0.25, 0.3) is 5.00 Å². The molecule has 348 valence electrons. The predicted octanol–water partition coefficient (Wildman–Crippen LogP) is 3.32. The van der Waals surface area contributed by atoms with Crippen LogP contribution in [-0.4, -0.2) is 149 Å². The number of ether oxygens (including phenoxy) is 3. The Bertz CT molecular complexity index is 2550. The second-order valence-electron chi connectivity index (χ2n) is 16.2. The van der Waals surface area contributed by atoms with Crippen LogP contribution in [0.15, 0.2) is 47.5 Å². The number of rotatable bonds is 18. The summed E-state index contributed by atoms with van der Waals surface area (Å²) in [4.78, 5) is 85.8. The summed E-state index contributed by atoms with van der Waals surface area (Å²) in [5, 5.41) is 17.6. The number of aromatic nitrogens is 3. The highest BCUT2D eigenvalue weighted by Crippen LogP contribution is 2.40. The van der Waals surface area contributed by atoms with Crippen LogP contribution >= 0.6 is 22.9 Å². The number of thiophene rings is 1. The van der Waals surface area contributed by atoms with Gasteiger partial charge >= 0.3 is 0 Å². The molecule has 4 aromatic rings. The maximum absolute atomic E-state index is 13.6. The first-order chi connectivity index (χ1) is 31.9. The standard InChI is InChI=1S/C45H51ClN10O9S/c1-26-27(2)66-45-38(26)40(29-7-9-30(46)10-8-29)48-33(41-51-50-28(3)55(41)45)25-36(58)52-54-17-15-53(16-18-54)37(59)13-19-63-21-23-65-24-22-64-20-14-47-32-6-4-5-31-39(32)44(62)56(43(31)61)34-11-12-35(57)49-42(34)60/h4-10,33-34,47H,11-25H2,1-3H3,(H,52,58)(H,49,57,60)/t33-,34?/m0/s1. The number of aliphatic imine (C=N–C) groups is 1. The number of aryl methyl sites for hydroxylation is 2. The molecule has 0 bridgehead atoms. The van der Waals surface area contributed by atoms with Gasteiger partial charge in [-0.1, -0.05) is 29.8 Å². The van der Waals surface area contributed by atoms with Crippen molar-refractivity contribution in [3.05, 3.63) is 91.8 Å². The van der Waals surface area contributed by atoms with E-state index in [-0.39, 0.29) is 55.2 Å². The molecule has 0 saturated carbocycles. The zero-order valence-corrected chi connectivity index (χ0v) is 38.5. The number of anilines is 1. The van der Waals surface area contributed by atoms with Crippen LogP contribution in [0.3, 0.4) is 0 Å². The second kappa shape index (κ2) is 20.7. The molecule has 8 rings (SSSR count). The third kappa shape index (κ3) is 10.1. The number of carbonyl (C=O) groups excluding carboxylic acids is 6. The number of hydrogen-bond acceptors (Lipinski definition) is 15. The van der Waals surface area contributed by atoms with Gasteiger partial charge in [0.2, 0.25) is 23.6 Å². The van der Waals surface area contributed by atoms with Crippen LogP contribution in [0.5, 0.6) is 0 Å². The van der Waals surface area contributed by atoms with Crippen molar-refractivity contribution in [3.63, 3.8) is 0 Å². The summed E-state index contributed by atoms with van der Waals surface area (Å²) in [5.74, 6) is -1.15. The number of hydrogen-bond donors (Lipinski definition) is 3. The van der Waals surface area contributed by atoms with E-state index in [0.29, 0.717) is 82.3 Å². The van der Waals surface area contributed by atoms with E-state index in [9.17, 15) is 28.8 Å². The average Bonchev–Trinajstić information content (AvgIpc) is 3.88. The Labute approximate surface area is 389 Å². The first-order valence-corrected chi connectivity index (χ1v) is 23.1. The van der Waals surface area contributed by atoms with E-state index in [4.69, 9.17) is 30.8 Å². The summed E-state index contributed by atoms with van der Waals surface area (Å²) in [7, 11) is 0. The molecule has 2 fully saturated rings. The largest absolute Gasteiger partial charge is 0.382 e. The number of hydrazine groups is 1. The predicted molar refractivity (Wildman–Crippen MR) is 243 cm³/mol. The van der Waals surface area contributed by atoms with Gasteiger partial charge in [0, 0.05) is 65.9 Å². The fourth-order valence-electron chi connectivity index (χ4n) is 8.38. The van der Waals surface area contributed by atoms with Gasteiger partial charge < -0.3 is 24.4 Å². The van der Waals surface area contributed by atoms with Crippen LogP contribution < -0.4 is 16.1 Å². The Kier molecular flexibility index (Phi) is 14.6. The molecule has 2 saturated heterocycles. The van der Waals surface area contributed by atoms with Gasteiger partial charge in [-0.3, -0.25) is 54.0 Å². The summed E-state index contributed by atoms with van der Waals surface area (Å²) >= 11 is 7.89. The van der Waals surface area contributed by atoms with E-state index >= 15 is 0 Å². The highest BCUT2D eigenvalue weighted by molar-refractivity contribution is 7.15. The number of imide groups is 2. The van der Waals surface area contributed by atoms with Crippen molar-refractivity contribution in [2.75, 3.05) is 77.7 Å². The highest BCUT2D eigenvalue weighted by atomic mass is 35.5. The third-order valence-electron chi connectivity index (χ3n) is 11.9. The van der Waals surface area contributed by atoms with Gasteiger partial charge in [-0.15, -0.1) is 21.5 Å². The number of fused-ring (bicyclic) bond motifs is 4. The zero-order valence-electron chi connectivity index (χ0n) is 36.9. The lowest BCUT2D eigenvalue weighted by Crippen LogP contribution is -2.55. The van der Waals surface area contributed by atoms with Crippen LogP contribution in [0.1, 0.15) is 85.7 Å². The number of halogens is 1. The Morgan fingerprint density at radius 2 is 1.58 bits per heavy atom. The van der Waals surface area contributed by atoms with Crippen molar-refractivity contribution in [1.82, 2.24) is 40.3 Å². The van der Waals surface area contributed by atoms with E-state index < -0.39 is 35.7 Å². The van der Waals surface area contributed by atoms with Gasteiger partial charge in [0.25, 0.3) is 11.8 Å². The molecule has 0 spiro atoms. The van der Waals surface area contributed by atoms with Crippen molar-refractivity contribution in [2.24, 2.45) is 4.99 Å². The molecule has 19 nitrogen and oxygen atoms in total. The van der Waals surface area contributed by atoms with E-state index in [1.807, 2.05) is 40.8 Å². The van der Waals surface area contributed by atoms with Crippen molar-refractivity contribution in [2.45, 2.75) is 58.5 Å². The molecule has 3 N–H and O–H groups in total. The lowest BCUT2D eigenvalue weighted by molar-refractivity contribution is -0.137. The van der Waals surface area contributed by atoms with Gasteiger partial charge in [-0.25, -0.2) is 5.01 Å². The molecule has 2 aromatic carbocycles. The number of benzene rings is 2. The van der Waals surface area contributed by atoms with E-state index in [2.05, 4.69) is 40.1 Å². The van der Waals surface area contributed by atoms with Crippen LogP contribution in [0.4, 0.5) is 5.69 Å². The lowest BCUT2D eigenvalue weighted by Gasteiger charge is -2.34. The summed E-state index contributed by atoms with van der Waals surface area (Å²) in [5.41, 5.74) is 7.65. The normalized spacial score (nSPS) is 18.4. The summed E-state index contributed by atoms with van der Waals surface area (Å²) in [6.07, 6.45) is 0.410. The molecule has 66 heavy (non-hydrogen) atoms. The minimum Gasteiger partial charge on any atom is -0.382 e. The molecule has 4 aliphatic heterocycles. The average molecular weight is 943 g/mol. The molecule has 6 amide bonds. The maximum atomic E-state index is 13.6. The van der Waals surface area contributed by atoms with E-state index in [0.717, 1.165) is 43.0 Å². The number of piperazine rings is 1. The number of amides is 6. The van der Waals surface area contributed by atoms with Gasteiger partial charge in [-0.05, 0) is 57.0 Å². The number of piperidine rings is 1. The monoisotopic (exact) mass is 942 g/mol. The summed E-state index contributed by atoms with van der Waals surface area (Å²) in [6, 6.07) is 10.8. The quantitative estimate of drug-likeness (QED) is 0.0965. The van der Waals surface area contributed by atoms with Gasteiger partial charge in [0.05, 0.1) is 69.3 Å². The fourth-order valence-corrected chi connectivity index (χ4v) is 9.72. The lowest BCUT2D eigenvalue weighted by atomic mass is 9.99. The van der Waals surface area contributed by atoms with Gasteiger partial charge in [0.15, 0.2) is 5.82 Å². The minimum atomic E-state index is -1.03. The first kappa shape index (κ1) is 46.6. The molecule has 21 heteroatoms. The topological polar surface area (TPSA) is 219 Å². The van der Waals surface area contributed by atoms with Gasteiger partial charge in [0.1, 0.15) is 22.9 Å². The summed E-state index contributed by atoms with van der Waals surface area (Å²) < 4.78 is 18.9. The van der Waals surface area contributed by atoms with Crippen LogP contribution in [0.2, 0.25) is 5.02 Å². The van der Waals surface area contributed by atoms with Crippen molar-refractivity contribution in [1.29, 1.82) is 0 Å². The van der Waals surface area contributed by atoms with Crippen molar-refractivity contribution in [3.8, 4) is 5.00 Å². The Morgan fingerprint density at radius 3 is 2.30 bits per heavy atom. The molecule has 6 heterocycles. The summed E-state index contributed by atoms with van der Waals surface area (Å²) in [6.45, 7) is 10.1. The van der Waals surface area contributed by atoms with Crippen molar-refractivity contribution >= 4 is 69.8 Å². The molecule has 2 atom stereocenters. The molecule has 2 aromatic heterocycles. The third-order valence-corrected chi connectivity index (χ3v) is 13.3. The molecule has 4 aliphatic rings. The van der Waals surface area contributed by atoms with Crippen LogP contribution in [-0.2, 0) is 33.4 Å². The Hall–Kier alpha value is -5.90. The molecule has 0 radical (unpaired) electrons. The van der Waals surface area contributed by atoms with Crippen molar-refractivity contribution < 1.29 is 43.0 Å². The minimum absolute atomic E-state index is 0.0257. The van der Waals surface area contributed by atoms with Crippen LogP contribution in [0, 0.1) is 20.8 Å². The highest BCUT2D eigenvalue weighted by Gasteiger charge is 2.45. The molecule has 0 aliphatic carbocycles. The maximum Gasteiger partial charge on any atom is 0.264 e. The second-order valence-corrected chi connectivity index (χ2v) is 17.8. The van der Waals surface area contributed by atoms with Gasteiger partial charge in [-0.2, -0.15) is 0 Å². The number of nitrogens with zero attached hydrogens (tertiary/aromatic N) is 7. The smallest absolute Gasteiger partial charge is 0.264 e. The van der Waals surface area contributed by atoms with E-state index in [1.54, 1.807) is 34.4 Å². The first-order valence-electron chi connectivity index (χ1n) is 21.9. The van der Waals surface area contributed by atoms with E-state index in [1.165, 1.54) is 0 Å². The molecular formula is C45H51ClN10O9S. The Balaban J connectivity index is 0.701. The fraction of sp³-hybridized carbons (Fsp3) is 0.444. The zero-order chi connectivity index (χ0) is 46.5. The SMILES string of the molecule is Cc1sc2c(c1C)C(c1ccc(Cl)cc1)=N[C@@H](CC(=O)NN1CCN(C(=O)CCOCCOCCOCCNc3cccc4c3C(=O)N(C3CCC(=O)NC3=O)C4=O)CC1)c1nnc(C)n1-2. The molecule has 1 unspecified atom stereocenters. The molecular weight excluding hydrogens is 892 g/mol. The number of carbonyl (C=O) groups is 6. The number of nitrogens with one attached hydrogen (secondary N) is 3.